The Hall–Kier alpha value is -1.10. The third-order valence-corrected chi connectivity index (χ3v) is 3.98. The zero-order valence-corrected chi connectivity index (χ0v) is 13.2. The van der Waals surface area contributed by atoms with E-state index in [1.165, 1.54) is 12.1 Å². The van der Waals surface area contributed by atoms with E-state index in [0.717, 1.165) is 11.3 Å². The maximum atomic E-state index is 13.2. The number of nitrogens with one attached hydrogen (secondary N) is 1. The Bertz CT molecular complexity index is 623. The molecule has 5 heteroatoms. The molecule has 106 valence electrons. The Morgan fingerprint density at radius 3 is 2.65 bits per heavy atom. The first-order valence-corrected chi connectivity index (χ1v) is 7.22. The smallest absolute Gasteiger partial charge is 0.124 e. The summed E-state index contributed by atoms with van der Waals surface area (Å²) in [7, 11) is 0. The minimum Gasteiger partial charge on any atom is -0.394 e. The number of aliphatic hydroxyl groups excluding tert-OH is 1. The largest absolute Gasteiger partial charge is 0.394 e. The van der Waals surface area contributed by atoms with Crippen LogP contribution in [0.25, 0.3) is 0 Å². The summed E-state index contributed by atoms with van der Waals surface area (Å²) in [5.41, 5.74) is 0.795. The van der Waals surface area contributed by atoms with Crippen LogP contribution in [0.1, 0.15) is 12.5 Å². The Morgan fingerprint density at radius 2 is 2.05 bits per heavy atom. The SMILES string of the molecule is CC(CO)(Nc1cccc(Cl)c1)c1ccc(F)cc1Br. The quantitative estimate of drug-likeness (QED) is 0.839. The number of hydrogen-bond donors (Lipinski definition) is 2. The molecule has 0 aliphatic rings. The minimum atomic E-state index is -0.753. The lowest BCUT2D eigenvalue weighted by Crippen LogP contribution is -2.36. The molecule has 2 N–H and O–H groups in total. The van der Waals surface area contributed by atoms with E-state index in [1.807, 2.05) is 19.1 Å². The molecule has 20 heavy (non-hydrogen) atoms. The molecule has 2 nitrogen and oxygen atoms in total. The van der Waals surface area contributed by atoms with Gasteiger partial charge in [0.2, 0.25) is 0 Å². The van der Waals surface area contributed by atoms with Crippen molar-refractivity contribution in [1.29, 1.82) is 0 Å². The molecule has 0 heterocycles. The summed E-state index contributed by atoms with van der Waals surface area (Å²) in [4.78, 5) is 0. The summed E-state index contributed by atoms with van der Waals surface area (Å²) in [5.74, 6) is -0.330. The van der Waals surface area contributed by atoms with Gasteiger partial charge in [0.15, 0.2) is 0 Å². The van der Waals surface area contributed by atoms with Crippen LogP contribution in [-0.2, 0) is 5.54 Å². The van der Waals surface area contributed by atoms with E-state index in [9.17, 15) is 9.50 Å². The molecule has 0 aliphatic carbocycles. The van der Waals surface area contributed by atoms with Gasteiger partial charge in [0, 0.05) is 15.2 Å². The highest BCUT2D eigenvalue weighted by molar-refractivity contribution is 9.10. The summed E-state index contributed by atoms with van der Waals surface area (Å²) in [6.07, 6.45) is 0. The lowest BCUT2D eigenvalue weighted by Gasteiger charge is -2.31. The molecule has 0 bridgehead atoms. The fourth-order valence-electron chi connectivity index (χ4n) is 2.01. The van der Waals surface area contributed by atoms with Gasteiger partial charge < -0.3 is 10.4 Å². The van der Waals surface area contributed by atoms with Crippen LogP contribution >= 0.6 is 27.5 Å². The summed E-state index contributed by atoms with van der Waals surface area (Å²) < 4.78 is 13.8. The lowest BCUT2D eigenvalue weighted by molar-refractivity contribution is 0.223. The summed E-state index contributed by atoms with van der Waals surface area (Å²) in [6, 6.07) is 11.6. The van der Waals surface area contributed by atoms with Crippen LogP contribution in [0, 0.1) is 5.82 Å². The van der Waals surface area contributed by atoms with Gasteiger partial charge in [-0.3, -0.25) is 0 Å². The molecule has 0 aromatic heterocycles. The van der Waals surface area contributed by atoms with Gasteiger partial charge in [-0.25, -0.2) is 4.39 Å². The first kappa shape index (κ1) is 15.3. The molecule has 2 aromatic rings. The predicted molar refractivity (Wildman–Crippen MR) is 83.6 cm³/mol. The molecule has 0 fully saturated rings. The third-order valence-electron chi connectivity index (χ3n) is 3.09. The Morgan fingerprint density at radius 1 is 1.30 bits per heavy atom. The molecule has 0 aliphatic heterocycles. The van der Waals surface area contributed by atoms with Crippen LogP contribution in [0.4, 0.5) is 10.1 Å². The van der Waals surface area contributed by atoms with Crippen molar-refractivity contribution in [1.82, 2.24) is 0 Å². The van der Waals surface area contributed by atoms with Gasteiger partial charge in [-0.2, -0.15) is 0 Å². The van der Waals surface area contributed by atoms with E-state index in [2.05, 4.69) is 21.2 Å². The van der Waals surface area contributed by atoms with Gasteiger partial charge in [0.05, 0.1) is 12.1 Å². The zero-order valence-electron chi connectivity index (χ0n) is 10.8. The predicted octanol–water partition coefficient (Wildman–Crippen LogP) is 4.56. The highest BCUT2D eigenvalue weighted by atomic mass is 79.9. The molecule has 0 radical (unpaired) electrons. The number of hydrogen-bond acceptors (Lipinski definition) is 2. The Balaban J connectivity index is 2.38. The van der Waals surface area contributed by atoms with Gasteiger partial charge in [-0.15, -0.1) is 0 Å². The first-order chi connectivity index (χ1) is 9.44. The second kappa shape index (κ2) is 6.12. The first-order valence-electron chi connectivity index (χ1n) is 6.05. The van der Waals surface area contributed by atoms with Gasteiger partial charge in [0.25, 0.3) is 0 Å². The van der Waals surface area contributed by atoms with Gasteiger partial charge in [-0.05, 0) is 42.8 Å². The number of rotatable bonds is 4. The molecule has 1 unspecified atom stereocenters. The zero-order chi connectivity index (χ0) is 14.8. The van der Waals surface area contributed by atoms with Crippen molar-refractivity contribution in [2.75, 3.05) is 11.9 Å². The number of benzene rings is 2. The van der Waals surface area contributed by atoms with Crippen molar-refractivity contribution < 1.29 is 9.50 Å². The molecule has 2 rings (SSSR count). The van der Waals surface area contributed by atoms with Crippen molar-refractivity contribution in [2.24, 2.45) is 0 Å². The average molecular weight is 359 g/mol. The normalized spacial score (nSPS) is 13.8. The molecule has 0 saturated carbocycles. The fraction of sp³-hybridized carbons (Fsp3) is 0.200. The molecule has 0 spiro atoms. The van der Waals surface area contributed by atoms with Crippen molar-refractivity contribution in [3.8, 4) is 0 Å². The molecule has 0 amide bonds. The third kappa shape index (κ3) is 3.32. The highest BCUT2D eigenvalue weighted by Gasteiger charge is 2.28. The van der Waals surface area contributed by atoms with Gasteiger partial charge in [0.1, 0.15) is 5.82 Å². The summed E-state index contributed by atoms with van der Waals surface area (Å²) in [5, 5.41) is 13.6. The molecular formula is C15H14BrClFNO. The molecule has 0 saturated heterocycles. The summed E-state index contributed by atoms with van der Waals surface area (Å²) >= 11 is 9.29. The number of aliphatic hydroxyl groups is 1. The van der Waals surface area contributed by atoms with Crippen molar-refractivity contribution in [3.63, 3.8) is 0 Å². The van der Waals surface area contributed by atoms with Crippen molar-refractivity contribution in [2.45, 2.75) is 12.5 Å². The van der Waals surface area contributed by atoms with Crippen LogP contribution < -0.4 is 5.32 Å². The van der Waals surface area contributed by atoms with E-state index >= 15 is 0 Å². The van der Waals surface area contributed by atoms with E-state index in [1.54, 1.807) is 18.2 Å². The minimum absolute atomic E-state index is 0.149. The van der Waals surface area contributed by atoms with Crippen LogP contribution in [0.5, 0.6) is 0 Å². The van der Waals surface area contributed by atoms with Crippen LogP contribution in [0.3, 0.4) is 0 Å². The molecule has 2 aromatic carbocycles. The monoisotopic (exact) mass is 357 g/mol. The maximum Gasteiger partial charge on any atom is 0.124 e. The standard InChI is InChI=1S/C15H14BrClFNO/c1-15(9-20,13-6-5-11(18)8-14(13)16)19-12-4-2-3-10(17)7-12/h2-8,19-20H,9H2,1H3. The molecule has 1 atom stereocenters. The second-order valence-corrected chi connectivity index (χ2v) is 6.04. The Kier molecular flexibility index (Phi) is 4.68. The topological polar surface area (TPSA) is 32.3 Å². The van der Waals surface area contributed by atoms with E-state index in [-0.39, 0.29) is 12.4 Å². The fourth-order valence-corrected chi connectivity index (χ4v) is 2.99. The number of halogens is 3. The van der Waals surface area contributed by atoms with Crippen LogP contribution in [0.2, 0.25) is 5.02 Å². The summed E-state index contributed by atoms with van der Waals surface area (Å²) in [6.45, 7) is 1.69. The van der Waals surface area contributed by atoms with Gasteiger partial charge >= 0.3 is 0 Å². The van der Waals surface area contributed by atoms with E-state index in [4.69, 9.17) is 11.6 Å². The van der Waals surface area contributed by atoms with Crippen molar-refractivity contribution in [3.05, 3.63) is 63.3 Å². The van der Waals surface area contributed by atoms with Crippen LogP contribution in [-0.4, -0.2) is 11.7 Å². The number of anilines is 1. The van der Waals surface area contributed by atoms with Crippen molar-refractivity contribution >= 4 is 33.2 Å². The van der Waals surface area contributed by atoms with E-state index < -0.39 is 5.54 Å². The van der Waals surface area contributed by atoms with Gasteiger partial charge in [-0.1, -0.05) is 39.7 Å². The highest BCUT2D eigenvalue weighted by Crippen LogP contribution is 2.32. The Labute approximate surface area is 130 Å². The van der Waals surface area contributed by atoms with E-state index in [0.29, 0.717) is 9.50 Å². The lowest BCUT2D eigenvalue weighted by atomic mass is 9.92. The maximum absolute atomic E-state index is 13.2. The molecular weight excluding hydrogens is 345 g/mol. The van der Waals surface area contributed by atoms with Crippen LogP contribution in [0.15, 0.2) is 46.9 Å². The average Bonchev–Trinajstić information content (AvgIpc) is 2.38. The second-order valence-electron chi connectivity index (χ2n) is 4.75.